The van der Waals surface area contributed by atoms with Gasteiger partial charge in [0.05, 0.1) is 29.8 Å². The van der Waals surface area contributed by atoms with Gasteiger partial charge in [-0.15, -0.1) is 0 Å². The van der Waals surface area contributed by atoms with Crippen molar-refractivity contribution in [2.45, 2.75) is 46.3 Å². The van der Waals surface area contributed by atoms with Crippen LogP contribution >= 0.6 is 0 Å². The van der Waals surface area contributed by atoms with Crippen LogP contribution in [0.4, 0.5) is 0 Å². The van der Waals surface area contributed by atoms with Crippen LogP contribution in [0.1, 0.15) is 71.6 Å². The molecule has 2 heterocycles. The van der Waals surface area contributed by atoms with E-state index in [2.05, 4.69) is 5.10 Å². The zero-order valence-electron chi connectivity index (χ0n) is 17.3. The van der Waals surface area contributed by atoms with Crippen LogP contribution in [0, 0.1) is 0 Å². The Labute approximate surface area is 169 Å². The van der Waals surface area contributed by atoms with Crippen LogP contribution in [0.5, 0.6) is 0 Å². The minimum absolute atomic E-state index is 0.0445. The lowest BCUT2D eigenvalue weighted by molar-refractivity contribution is 0.0475. The third kappa shape index (κ3) is 4.29. The van der Waals surface area contributed by atoms with Crippen LogP contribution in [0.3, 0.4) is 0 Å². The number of carbonyl (C=O) groups is 2. The summed E-state index contributed by atoms with van der Waals surface area (Å²) in [6.07, 6.45) is 1.65. The number of carbonyl (C=O) groups excluding carboxylic acids is 2. The maximum Gasteiger partial charge on any atom is 0.339 e. The smallest absolute Gasteiger partial charge is 0.339 e. The molecule has 1 aromatic carbocycles. The summed E-state index contributed by atoms with van der Waals surface area (Å²) in [7, 11) is 1.33. The van der Waals surface area contributed by atoms with E-state index in [-0.39, 0.29) is 18.6 Å². The highest BCUT2D eigenvalue weighted by molar-refractivity contribution is 6.02. The predicted octanol–water partition coefficient (Wildman–Crippen LogP) is 4.28. The molecule has 0 aliphatic carbocycles. The van der Waals surface area contributed by atoms with Crippen LogP contribution in [0.2, 0.25) is 0 Å². The van der Waals surface area contributed by atoms with Crippen molar-refractivity contribution >= 4 is 23.0 Å². The molecule has 2 aromatic heterocycles. The second-order valence-corrected chi connectivity index (χ2v) is 7.44. The summed E-state index contributed by atoms with van der Waals surface area (Å²) < 4.78 is 12.1. The van der Waals surface area contributed by atoms with Gasteiger partial charge in [0.1, 0.15) is 6.61 Å². The van der Waals surface area contributed by atoms with E-state index in [1.54, 1.807) is 41.2 Å². The third-order valence-corrected chi connectivity index (χ3v) is 4.61. The number of methoxy groups -OCH3 is 1. The minimum Gasteiger partial charge on any atom is -0.465 e. The van der Waals surface area contributed by atoms with E-state index < -0.39 is 11.9 Å². The summed E-state index contributed by atoms with van der Waals surface area (Å²) in [5, 5.41) is 5.06. The number of rotatable bonds is 6. The Kier molecular flexibility index (Phi) is 5.96. The van der Waals surface area contributed by atoms with Gasteiger partial charge >= 0.3 is 11.9 Å². The topological polar surface area (TPSA) is 83.3 Å². The van der Waals surface area contributed by atoms with Crippen molar-refractivity contribution in [3.63, 3.8) is 0 Å². The molecule has 7 heteroatoms. The summed E-state index contributed by atoms with van der Waals surface area (Å²) >= 11 is 0. The van der Waals surface area contributed by atoms with Gasteiger partial charge in [-0.05, 0) is 43.5 Å². The van der Waals surface area contributed by atoms with Crippen LogP contribution in [-0.2, 0) is 16.1 Å². The minimum atomic E-state index is -0.453. The zero-order valence-corrected chi connectivity index (χ0v) is 17.3. The Morgan fingerprint density at radius 1 is 1.10 bits per heavy atom. The van der Waals surface area contributed by atoms with Crippen molar-refractivity contribution in [1.82, 2.24) is 14.8 Å². The van der Waals surface area contributed by atoms with Gasteiger partial charge in [-0.1, -0.05) is 26.0 Å². The highest BCUT2D eigenvalue weighted by Gasteiger charge is 2.20. The Balaban J connectivity index is 1.90. The van der Waals surface area contributed by atoms with Gasteiger partial charge < -0.3 is 9.47 Å². The van der Waals surface area contributed by atoms with Gasteiger partial charge in [0.2, 0.25) is 0 Å². The van der Waals surface area contributed by atoms with Gasteiger partial charge in [0.15, 0.2) is 5.65 Å². The number of benzene rings is 1. The third-order valence-electron chi connectivity index (χ3n) is 4.61. The number of ether oxygens (including phenoxy) is 2. The number of pyridine rings is 1. The normalized spacial score (nSPS) is 11.3. The maximum absolute atomic E-state index is 12.9. The molecule has 0 saturated heterocycles. The first kappa shape index (κ1) is 20.5. The van der Waals surface area contributed by atoms with Crippen molar-refractivity contribution in [3.05, 3.63) is 58.9 Å². The molecular weight excluding hydrogens is 370 g/mol. The highest BCUT2D eigenvalue weighted by Crippen LogP contribution is 2.25. The molecule has 0 atom stereocenters. The van der Waals surface area contributed by atoms with E-state index in [9.17, 15) is 9.59 Å². The first-order chi connectivity index (χ1) is 13.8. The van der Waals surface area contributed by atoms with E-state index in [1.807, 2.05) is 27.7 Å². The fourth-order valence-corrected chi connectivity index (χ4v) is 3.01. The van der Waals surface area contributed by atoms with Crippen LogP contribution in [0.15, 0.2) is 36.5 Å². The van der Waals surface area contributed by atoms with E-state index in [1.165, 1.54) is 7.11 Å². The summed E-state index contributed by atoms with van der Waals surface area (Å²) in [5.74, 6) is -0.735. The van der Waals surface area contributed by atoms with Gasteiger partial charge in [-0.3, -0.25) is 0 Å². The van der Waals surface area contributed by atoms with Gasteiger partial charge in [0, 0.05) is 11.7 Å². The molecule has 0 fully saturated rings. The van der Waals surface area contributed by atoms with E-state index >= 15 is 0 Å². The molecule has 29 heavy (non-hydrogen) atoms. The molecule has 0 unspecified atom stereocenters. The van der Waals surface area contributed by atoms with Crippen LogP contribution in [0.25, 0.3) is 11.0 Å². The fourth-order valence-electron chi connectivity index (χ4n) is 3.01. The second-order valence-electron chi connectivity index (χ2n) is 7.44. The largest absolute Gasteiger partial charge is 0.465 e. The number of hydrogen-bond donors (Lipinski definition) is 0. The van der Waals surface area contributed by atoms with Gasteiger partial charge in [0.25, 0.3) is 0 Å². The monoisotopic (exact) mass is 395 g/mol. The number of esters is 2. The standard InChI is InChI=1S/C22H25N3O4/c1-13(2)19-10-17(18-11-23-25(14(3)4)20(18)24-19)22(27)29-12-15-7-6-8-16(9-15)21(26)28-5/h6-11,13-14H,12H2,1-5H3. The average molecular weight is 395 g/mol. The van der Waals surface area contributed by atoms with Crippen LogP contribution < -0.4 is 0 Å². The Morgan fingerprint density at radius 3 is 2.52 bits per heavy atom. The SMILES string of the molecule is COC(=O)c1cccc(COC(=O)c2cc(C(C)C)nc3c2cnn3C(C)C)c1. The summed E-state index contributed by atoms with van der Waals surface area (Å²) in [5.41, 5.74) is 3.03. The average Bonchev–Trinajstić information content (AvgIpc) is 3.15. The zero-order chi connectivity index (χ0) is 21.1. The van der Waals surface area contributed by atoms with Crippen molar-refractivity contribution in [1.29, 1.82) is 0 Å². The number of nitrogens with zero attached hydrogens (tertiary/aromatic N) is 3. The molecule has 0 aliphatic rings. The van der Waals surface area contributed by atoms with E-state index in [0.29, 0.717) is 27.7 Å². The lowest BCUT2D eigenvalue weighted by Crippen LogP contribution is -2.10. The molecule has 0 spiro atoms. The first-order valence-corrected chi connectivity index (χ1v) is 9.54. The van der Waals surface area contributed by atoms with Crippen molar-refractivity contribution in [2.75, 3.05) is 7.11 Å². The second kappa shape index (κ2) is 8.43. The lowest BCUT2D eigenvalue weighted by atomic mass is 10.1. The van der Waals surface area contributed by atoms with Crippen molar-refractivity contribution in [2.24, 2.45) is 0 Å². The first-order valence-electron chi connectivity index (χ1n) is 9.54. The molecule has 0 amide bonds. The molecular formula is C22H25N3O4. The number of fused-ring (bicyclic) bond motifs is 1. The summed E-state index contributed by atoms with van der Waals surface area (Å²) in [6, 6.07) is 8.71. The quantitative estimate of drug-likeness (QED) is 0.579. The molecule has 0 saturated carbocycles. The summed E-state index contributed by atoms with van der Waals surface area (Å²) in [4.78, 5) is 29.3. The molecule has 3 aromatic rings. The molecule has 7 nitrogen and oxygen atoms in total. The van der Waals surface area contributed by atoms with E-state index in [0.717, 1.165) is 5.69 Å². The number of hydrogen-bond acceptors (Lipinski definition) is 6. The molecule has 0 aliphatic heterocycles. The van der Waals surface area contributed by atoms with Crippen molar-refractivity contribution < 1.29 is 19.1 Å². The highest BCUT2D eigenvalue weighted by atomic mass is 16.5. The van der Waals surface area contributed by atoms with Gasteiger partial charge in [-0.2, -0.15) is 5.10 Å². The molecule has 0 bridgehead atoms. The van der Waals surface area contributed by atoms with Gasteiger partial charge in [-0.25, -0.2) is 19.3 Å². The molecule has 3 rings (SSSR count). The molecule has 152 valence electrons. The Morgan fingerprint density at radius 2 is 1.86 bits per heavy atom. The van der Waals surface area contributed by atoms with E-state index in [4.69, 9.17) is 14.5 Å². The molecule has 0 radical (unpaired) electrons. The number of aromatic nitrogens is 3. The molecule has 0 N–H and O–H groups in total. The Hall–Kier alpha value is -3.22. The van der Waals surface area contributed by atoms with Crippen LogP contribution in [-0.4, -0.2) is 33.8 Å². The Bertz CT molecular complexity index is 1050. The summed E-state index contributed by atoms with van der Waals surface area (Å²) in [6.45, 7) is 8.13. The van der Waals surface area contributed by atoms with Crippen molar-refractivity contribution in [3.8, 4) is 0 Å². The lowest BCUT2D eigenvalue weighted by Gasteiger charge is -2.12. The maximum atomic E-state index is 12.9. The predicted molar refractivity (Wildman–Crippen MR) is 109 cm³/mol. The fraction of sp³-hybridized carbons (Fsp3) is 0.364.